The minimum atomic E-state index is -0.483. The number of amides is 1. The van der Waals surface area contributed by atoms with Crippen molar-refractivity contribution in [3.63, 3.8) is 0 Å². The first-order chi connectivity index (χ1) is 9.13. The monoisotopic (exact) mass is 259 g/mol. The Balaban J connectivity index is 2.39. The predicted octanol–water partition coefficient (Wildman–Crippen LogP) is 1.67. The predicted molar refractivity (Wildman–Crippen MR) is 68.9 cm³/mol. The van der Waals surface area contributed by atoms with Gasteiger partial charge in [-0.15, -0.1) is 0 Å². The summed E-state index contributed by atoms with van der Waals surface area (Å²) in [5.41, 5.74) is 2.80. The van der Waals surface area contributed by atoms with Gasteiger partial charge in [0.1, 0.15) is 0 Å². The molecular weight excluding hydrogens is 246 g/mol. The van der Waals surface area contributed by atoms with Crippen LogP contribution in [0.1, 0.15) is 15.9 Å². The van der Waals surface area contributed by atoms with Crippen molar-refractivity contribution in [3.8, 4) is 0 Å². The molecule has 5 heteroatoms. The van der Waals surface area contributed by atoms with Crippen LogP contribution in [0.15, 0.2) is 36.4 Å². The number of nitrogens with one attached hydrogen (secondary N) is 1. The molecule has 0 aromatic heterocycles. The van der Waals surface area contributed by atoms with Gasteiger partial charge >= 0.3 is 5.97 Å². The fourth-order valence-corrected chi connectivity index (χ4v) is 1.88. The lowest BCUT2D eigenvalue weighted by Crippen LogP contribution is -2.20. The van der Waals surface area contributed by atoms with Crippen LogP contribution in [0, 0.1) is 0 Å². The highest BCUT2D eigenvalue weighted by molar-refractivity contribution is 5.95. The number of hydrogen-bond acceptors (Lipinski definition) is 4. The zero-order chi connectivity index (χ0) is 13.8. The van der Waals surface area contributed by atoms with Crippen LogP contribution in [-0.4, -0.2) is 24.2 Å². The topological polar surface area (TPSA) is 75.6 Å². The molecule has 0 atom stereocenters. The van der Waals surface area contributed by atoms with Crippen LogP contribution >= 0.6 is 0 Å². The van der Waals surface area contributed by atoms with E-state index in [1.165, 1.54) is 7.11 Å². The van der Waals surface area contributed by atoms with Gasteiger partial charge in [0.25, 0.3) is 0 Å². The molecule has 2 aromatic carbocycles. The molecular formula is C14H13NO4. The van der Waals surface area contributed by atoms with Crippen molar-refractivity contribution in [1.29, 1.82) is 0 Å². The molecule has 0 unspecified atom stereocenters. The van der Waals surface area contributed by atoms with E-state index in [4.69, 9.17) is 5.21 Å². The van der Waals surface area contributed by atoms with Gasteiger partial charge in [-0.2, -0.15) is 0 Å². The lowest BCUT2D eigenvalue weighted by atomic mass is 10.0. The van der Waals surface area contributed by atoms with Crippen LogP contribution < -0.4 is 5.48 Å². The summed E-state index contributed by atoms with van der Waals surface area (Å²) in [6, 6.07) is 10.7. The zero-order valence-electron chi connectivity index (χ0n) is 10.3. The summed E-state index contributed by atoms with van der Waals surface area (Å²) in [7, 11) is 1.33. The summed E-state index contributed by atoms with van der Waals surface area (Å²) in [5, 5.41) is 10.3. The standard InChI is InChI=1S/C14H13NO4/c1-19-14(17)11-5-4-10-3-2-9(6-12(10)8-11)7-13(16)15-18/h2-6,8,18H,7H2,1H3,(H,15,16). The highest BCUT2D eigenvalue weighted by Gasteiger charge is 2.07. The van der Waals surface area contributed by atoms with E-state index >= 15 is 0 Å². The molecule has 0 fully saturated rings. The number of fused-ring (bicyclic) bond motifs is 1. The number of ether oxygens (including phenoxy) is 1. The van der Waals surface area contributed by atoms with Gasteiger partial charge in [-0.25, -0.2) is 10.3 Å². The van der Waals surface area contributed by atoms with Crippen molar-refractivity contribution in [2.45, 2.75) is 6.42 Å². The lowest BCUT2D eigenvalue weighted by Gasteiger charge is -2.05. The molecule has 0 radical (unpaired) electrons. The molecule has 0 heterocycles. The fourth-order valence-electron chi connectivity index (χ4n) is 1.88. The molecule has 0 saturated heterocycles. The minimum absolute atomic E-state index is 0.0783. The highest BCUT2D eigenvalue weighted by atomic mass is 16.5. The molecule has 0 saturated carbocycles. The van der Waals surface area contributed by atoms with Gasteiger partial charge in [0.05, 0.1) is 19.1 Å². The first-order valence-corrected chi connectivity index (χ1v) is 5.68. The molecule has 2 rings (SSSR count). The van der Waals surface area contributed by atoms with E-state index in [1.54, 1.807) is 29.7 Å². The summed E-state index contributed by atoms with van der Waals surface area (Å²) in [6.45, 7) is 0. The molecule has 2 N–H and O–H groups in total. The second kappa shape index (κ2) is 5.49. The van der Waals surface area contributed by atoms with Gasteiger partial charge in [0.2, 0.25) is 5.91 Å². The van der Waals surface area contributed by atoms with Crippen LogP contribution in [0.25, 0.3) is 10.8 Å². The Labute approximate surface area is 109 Å². The van der Waals surface area contributed by atoms with Crippen LogP contribution in [0.4, 0.5) is 0 Å². The number of hydrogen-bond donors (Lipinski definition) is 2. The van der Waals surface area contributed by atoms with Crippen molar-refractivity contribution >= 4 is 22.6 Å². The smallest absolute Gasteiger partial charge is 0.337 e. The molecule has 2 aromatic rings. The van der Waals surface area contributed by atoms with E-state index in [-0.39, 0.29) is 6.42 Å². The van der Waals surface area contributed by atoms with Crippen molar-refractivity contribution in [2.24, 2.45) is 0 Å². The Morgan fingerprint density at radius 3 is 2.58 bits per heavy atom. The summed E-state index contributed by atoms with van der Waals surface area (Å²) in [4.78, 5) is 22.6. The number of methoxy groups -OCH3 is 1. The summed E-state index contributed by atoms with van der Waals surface area (Å²) < 4.78 is 4.66. The Kier molecular flexibility index (Phi) is 3.77. The number of carbonyl (C=O) groups excluding carboxylic acids is 2. The highest BCUT2D eigenvalue weighted by Crippen LogP contribution is 2.19. The van der Waals surface area contributed by atoms with Gasteiger partial charge in [-0.1, -0.05) is 24.3 Å². The first kappa shape index (κ1) is 13.0. The van der Waals surface area contributed by atoms with Crippen molar-refractivity contribution in [2.75, 3.05) is 7.11 Å². The molecule has 0 aliphatic carbocycles. The van der Waals surface area contributed by atoms with Gasteiger partial charge in [-0.05, 0) is 28.5 Å². The van der Waals surface area contributed by atoms with E-state index in [0.29, 0.717) is 5.56 Å². The molecule has 1 amide bonds. The quantitative estimate of drug-likeness (QED) is 0.499. The first-order valence-electron chi connectivity index (χ1n) is 5.68. The van der Waals surface area contributed by atoms with Crippen LogP contribution in [0.3, 0.4) is 0 Å². The number of hydroxylamine groups is 1. The second-order valence-corrected chi connectivity index (χ2v) is 4.10. The maximum absolute atomic E-state index is 11.4. The van der Waals surface area contributed by atoms with Gasteiger partial charge < -0.3 is 4.74 Å². The lowest BCUT2D eigenvalue weighted by molar-refractivity contribution is -0.128. The summed E-state index contributed by atoms with van der Waals surface area (Å²) in [6.07, 6.45) is 0.0783. The maximum atomic E-state index is 11.4. The van der Waals surface area contributed by atoms with Crippen LogP contribution in [0.2, 0.25) is 0 Å². The van der Waals surface area contributed by atoms with E-state index in [2.05, 4.69) is 4.74 Å². The number of carbonyl (C=O) groups is 2. The Hall–Kier alpha value is -2.40. The second-order valence-electron chi connectivity index (χ2n) is 4.10. The maximum Gasteiger partial charge on any atom is 0.337 e. The van der Waals surface area contributed by atoms with Crippen molar-refractivity contribution < 1.29 is 19.5 Å². The third-order valence-corrected chi connectivity index (χ3v) is 2.82. The SMILES string of the molecule is COC(=O)c1ccc2ccc(CC(=O)NO)cc2c1. The average molecular weight is 259 g/mol. The number of esters is 1. The van der Waals surface area contributed by atoms with Gasteiger partial charge in [-0.3, -0.25) is 10.0 Å². The summed E-state index contributed by atoms with van der Waals surface area (Å²) in [5.74, 6) is -0.885. The third-order valence-electron chi connectivity index (χ3n) is 2.82. The minimum Gasteiger partial charge on any atom is -0.465 e. The van der Waals surface area contributed by atoms with E-state index < -0.39 is 11.9 Å². The Bertz CT molecular complexity index is 636. The Morgan fingerprint density at radius 2 is 1.89 bits per heavy atom. The fraction of sp³-hybridized carbons (Fsp3) is 0.143. The van der Waals surface area contributed by atoms with Gasteiger partial charge in [0.15, 0.2) is 0 Å². The number of benzene rings is 2. The molecule has 0 aliphatic rings. The largest absolute Gasteiger partial charge is 0.465 e. The molecule has 19 heavy (non-hydrogen) atoms. The third kappa shape index (κ3) is 2.89. The van der Waals surface area contributed by atoms with Crippen LogP contribution in [0.5, 0.6) is 0 Å². The molecule has 0 bridgehead atoms. The normalized spacial score (nSPS) is 10.2. The van der Waals surface area contributed by atoms with E-state index in [9.17, 15) is 9.59 Å². The van der Waals surface area contributed by atoms with E-state index in [1.807, 2.05) is 12.1 Å². The number of rotatable bonds is 3. The molecule has 5 nitrogen and oxygen atoms in total. The molecule has 0 aliphatic heterocycles. The van der Waals surface area contributed by atoms with Gasteiger partial charge in [0, 0.05) is 0 Å². The van der Waals surface area contributed by atoms with Crippen molar-refractivity contribution in [1.82, 2.24) is 5.48 Å². The Morgan fingerprint density at radius 1 is 1.16 bits per heavy atom. The van der Waals surface area contributed by atoms with Crippen LogP contribution in [-0.2, 0) is 16.0 Å². The summed E-state index contributed by atoms with van der Waals surface area (Å²) >= 11 is 0. The molecule has 98 valence electrons. The van der Waals surface area contributed by atoms with Crippen molar-refractivity contribution in [3.05, 3.63) is 47.5 Å². The average Bonchev–Trinajstić information content (AvgIpc) is 2.45. The molecule has 0 spiro atoms. The van der Waals surface area contributed by atoms with E-state index in [0.717, 1.165) is 16.3 Å². The zero-order valence-corrected chi connectivity index (χ0v) is 10.3.